The first-order valence-electron chi connectivity index (χ1n) is 11.7. The second kappa shape index (κ2) is 9.96. The fourth-order valence-corrected chi connectivity index (χ4v) is 4.73. The number of aromatic nitrogens is 4. The molecule has 1 fully saturated rings. The van der Waals surface area contributed by atoms with Crippen molar-refractivity contribution in [1.82, 2.24) is 24.8 Å². The summed E-state index contributed by atoms with van der Waals surface area (Å²) in [7, 11) is 4.76. The van der Waals surface area contributed by atoms with Gasteiger partial charge in [-0.15, -0.1) is 0 Å². The summed E-state index contributed by atoms with van der Waals surface area (Å²) in [4.78, 5) is 16.4. The summed E-state index contributed by atoms with van der Waals surface area (Å²) in [5.74, 6) is 3.73. The number of anilines is 3. The number of rotatable bonds is 8. The monoisotopic (exact) mass is 481 g/mol. The number of hydrogen-bond donors (Lipinski definition) is 3. The standard InChI is InChI=1S/C24H31N7O4/c1-33-19-9-16(10-20(34-2)22(19)35-3)30-12-21(26-14-30)28-23-17-6-7-25-11-18(17)27-24(29-23)31-8-4-5-15(31)13-32/h9-10,12,14-15,25,32H,4-8,11,13H2,1-3H3,(H,27,28,29). The van der Waals surface area contributed by atoms with Gasteiger partial charge < -0.3 is 39.4 Å². The zero-order valence-electron chi connectivity index (χ0n) is 20.2. The molecular formula is C24H31N7O4. The molecule has 2 aliphatic heterocycles. The fourth-order valence-electron chi connectivity index (χ4n) is 4.73. The highest BCUT2D eigenvalue weighted by Gasteiger charge is 2.28. The zero-order chi connectivity index (χ0) is 24.4. The number of aliphatic hydroxyl groups excluding tert-OH is 1. The highest BCUT2D eigenvalue weighted by atomic mass is 16.5. The third-order valence-electron chi connectivity index (χ3n) is 6.55. The van der Waals surface area contributed by atoms with Gasteiger partial charge in [-0.25, -0.2) is 9.97 Å². The summed E-state index contributed by atoms with van der Waals surface area (Å²) >= 11 is 0. The second-order valence-electron chi connectivity index (χ2n) is 8.57. The summed E-state index contributed by atoms with van der Waals surface area (Å²) in [6.45, 7) is 2.50. The van der Waals surface area contributed by atoms with Gasteiger partial charge in [-0.1, -0.05) is 0 Å². The lowest BCUT2D eigenvalue weighted by molar-refractivity contribution is 0.265. The molecule has 2 aromatic heterocycles. The van der Waals surface area contributed by atoms with Gasteiger partial charge in [0.05, 0.1) is 51.6 Å². The van der Waals surface area contributed by atoms with Gasteiger partial charge >= 0.3 is 0 Å². The predicted molar refractivity (Wildman–Crippen MR) is 131 cm³/mol. The van der Waals surface area contributed by atoms with Gasteiger partial charge in [0, 0.05) is 30.8 Å². The van der Waals surface area contributed by atoms with E-state index in [0.717, 1.165) is 55.1 Å². The molecule has 1 atom stereocenters. The smallest absolute Gasteiger partial charge is 0.227 e. The number of fused-ring (bicyclic) bond motifs is 1. The number of ether oxygens (including phenoxy) is 3. The average Bonchev–Trinajstić information content (AvgIpc) is 3.57. The first-order chi connectivity index (χ1) is 17.1. The maximum Gasteiger partial charge on any atom is 0.227 e. The van der Waals surface area contributed by atoms with Crippen LogP contribution in [0.15, 0.2) is 24.7 Å². The van der Waals surface area contributed by atoms with Crippen molar-refractivity contribution >= 4 is 17.6 Å². The van der Waals surface area contributed by atoms with E-state index in [9.17, 15) is 5.11 Å². The lowest BCUT2D eigenvalue weighted by Crippen LogP contribution is -2.35. The molecular weight excluding hydrogens is 450 g/mol. The van der Waals surface area contributed by atoms with Gasteiger partial charge in [-0.2, -0.15) is 4.98 Å². The molecule has 11 nitrogen and oxygen atoms in total. The van der Waals surface area contributed by atoms with Crippen molar-refractivity contribution in [1.29, 1.82) is 0 Å². The Kier molecular flexibility index (Phi) is 6.60. The lowest BCUT2D eigenvalue weighted by atomic mass is 10.1. The van der Waals surface area contributed by atoms with Crippen LogP contribution < -0.4 is 29.7 Å². The summed E-state index contributed by atoms with van der Waals surface area (Å²) < 4.78 is 18.3. The third-order valence-corrected chi connectivity index (χ3v) is 6.55. The number of methoxy groups -OCH3 is 3. The molecule has 1 aromatic carbocycles. The van der Waals surface area contributed by atoms with E-state index >= 15 is 0 Å². The molecule has 2 aliphatic rings. The van der Waals surface area contributed by atoms with E-state index in [0.29, 0.717) is 35.6 Å². The highest BCUT2D eigenvalue weighted by molar-refractivity contribution is 5.62. The normalized spacial score (nSPS) is 17.3. The van der Waals surface area contributed by atoms with E-state index in [4.69, 9.17) is 24.2 Å². The van der Waals surface area contributed by atoms with Crippen molar-refractivity contribution < 1.29 is 19.3 Å². The Bertz CT molecular complexity index is 1170. The molecule has 0 amide bonds. The molecule has 1 unspecified atom stereocenters. The van der Waals surface area contributed by atoms with E-state index in [-0.39, 0.29) is 12.6 Å². The van der Waals surface area contributed by atoms with E-state index < -0.39 is 0 Å². The minimum atomic E-state index is 0.0525. The first kappa shape index (κ1) is 23.2. The third kappa shape index (κ3) is 4.44. The number of nitrogens with zero attached hydrogens (tertiary/aromatic N) is 5. The Labute approximate surface area is 204 Å². The van der Waals surface area contributed by atoms with Crippen molar-refractivity contribution in [2.75, 3.05) is 51.2 Å². The minimum Gasteiger partial charge on any atom is -0.493 e. The molecule has 1 saturated heterocycles. The number of hydrogen-bond acceptors (Lipinski definition) is 10. The summed E-state index contributed by atoms with van der Waals surface area (Å²) in [6, 6.07) is 3.79. The number of benzene rings is 1. The van der Waals surface area contributed by atoms with Crippen LogP contribution in [0.25, 0.3) is 5.69 Å². The quantitative estimate of drug-likeness (QED) is 0.441. The van der Waals surface area contributed by atoms with Gasteiger partial charge in [0.2, 0.25) is 11.7 Å². The molecule has 186 valence electrons. The van der Waals surface area contributed by atoms with Crippen molar-refractivity contribution in [3.8, 4) is 22.9 Å². The molecule has 0 bridgehead atoms. The van der Waals surface area contributed by atoms with Crippen LogP contribution in [-0.2, 0) is 13.0 Å². The Balaban J connectivity index is 1.47. The Morgan fingerprint density at radius 2 is 1.94 bits per heavy atom. The van der Waals surface area contributed by atoms with Gasteiger partial charge in [-0.05, 0) is 25.8 Å². The van der Waals surface area contributed by atoms with E-state index in [1.165, 1.54) is 0 Å². The molecule has 0 spiro atoms. The topological polar surface area (TPSA) is 119 Å². The Morgan fingerprint density at radius 1 is 1.14 bits per heavy atom. The molecule has 0 radical (unpaired) electrons. The molecule has 3 aromatic rings. The molecule has 3 N–H and O–H groups in total. The van der Waals surface area contributed by atoms with Gasteiger partial charge in [0.1, 0.15) is 18.0 Å². The Hall–Kier alpha value is -3.57. The molecule has 11 heteroatoms. The Morgan fingerprint density at radius 3 is 2.66 bits per heavy atom. The predicted octanol–water partition coefficient (Wildman–Crippen LogP) is 2.04. The van der Waals surface area contributed by atoms with Crippen LogP contribution in [0.4, 0.5) is 17.6 Å². The molecule has 35 heavy (non-hydrogen) atoms. The average molecular weight is 482 g/mol. The summed E-state index contributed by atoms with van der Waals surface area (Å²) in [5.41, 5.74) is 2.89. The van der Waals surface area contributed by atoms with E-state index in [1.807, 2.05) is 22.9 Å². The van der Waals surface area contributed by atoms with Crippen molar-refractivity contribution in [3.63, 3.8) is 0 Å². The van der Waals surface area contributed by atoms with Gasteiger partial charge in [-0.3, -0.25) is 0 Å². The molecule has 5 rings (SSSR count). The van der Waals surface area contributed by atoms with Crippen LogP contribution in [0.5, 0.6) is 17.2 Å². The minimum absolute atomic E-state index is 0.0525. The van der Waals surface area contributed by atoms with E-state index in [1.54, 1.807) is 27.7 Å². The highest BCUT2D eigenvalue weighted by Crippen LogP contribution is 2.39. The van der Waals surface area contributed by atoms with Crippen molar-refractivity contribution in [2.24, 2.45) is 0 Å². The summed E-state index contributed by atoms with van der Waals surface area (Å²) in [6.07, 6.45) is 6.40. The van der Waals surface area contributed by atoms with Crippen LogP contribution in [0.3, 0.4) is 0 Å². The lowest BCUT2D eigenvalue weighted by Gasteiger charge is -2.26. The van der Waals surface area contributed by atoms with Gasteiger partial charge in [0.25, 0.3) is 0 Å². The molecule has 0 aliphatic carbocycles. The fraction of sp³-hybridized carbons (Fsp3) is 0.458. The van der Waals surface area contributed by atoms with Crippen molar-refractivity contribution in [2.45, 2.75) is 31.8 Å². The SMILES string of the molecule is COc1cc(-n2cnc(Nc3nc(N4CCCC4CO)nc4c3CCNC4)c2)cc(OC)c1OC. The van der Waals surface area contributed by atoms with Crippen LogP contribution >= 0.6 is 0 Å². The maximum absolute atomic E-state index is 9.80. The first-order valence-corrected chi connectivity index (χ1v) is 11.7. The van der Waals surface area contributed by atoms with Crippen LogP contribution in [0, 0.1) is 0 Å². The van der Waals surface area contributed by atoms with Gasteiger partial charge in [0.15, 0.2) is 11.5 Å². The number of aliphatic hydroxyl groups is 1. The van der Waals surface area contributed by atoms with Crippen molar-refractivity contribution in [3.05, 3.63) is 35.9 Å². The number of nitrogens with one attached hydrogen (secondary N) is 2. The van der Waals surface area contributed by atoms with Crippen LogP contribution in [-0.4, -0.2) is 71.7 Å². The largest absolute Gasteiger partial charge is 0.493 e. The van der Waals surface area contributed by atoms with E-state index in [2.05, 4.69) is 20.5 Å². The van der Waals surface area contributed by atoms with Crippen LogP contribution in [0.2, 0.25) is 0 Å². The molecule has 4 heterocycles. The maximum atomic E-state index is 9.80. The molecule has 0 saturated carbocycles. The second-order valence-corrected chi connectivity index (χ2v) is 8.57. The zero-order valence-corrected chi connectivity index (χ0v) is 20.2. The summed E-state index contributed by atoms with van der Waals surface area (Å²) in [5, 5.41) is 16.6. The van der Waals surface area contributed by atoms with Crippen LogP contribution in [0.1, 0.15) is 24.1 Å². The number of imidazole rings is 1.